The summed E-state index contributed by atoms with van der Waals surface area (Å²) in [5.74, 6) is -0.426. The summed E-state index contributed by atoms with van der Waals surface area (Å²) in [5, 5.41) is 0. The van der Waals surface area contributed by atoms with Crippen molar-refractivity contribution in [3.8, 4) is 0 Å². The molecular weight excluding hydrogens is 182 g/mol. The van der Waals surface area contributed by atoms with Gasteiger partial charge in [-0.1, -0.05) is 20.3 Å². The number of rotatable bonds is 4. The highest BCUT2D eigenvalue weighted by Crippen LogP contribution is 2.21. The van der Waals surface area contributed by atoms with E-state index < -0.39 is 18.1 Å². The Kier molecular flexibility index (Phi) is 3.49. The van der Waals surface area contributed by atoms with Crippen LogP contribution >= 0.6 is 0 Å². The van der Waals surface area contributed by atoms with E-state index in [1.807, 2.05) is 6.92 Å². The minimum Gasteiger partial charge on any atom is -0.375 e. The fraction of sp³-hybridized carbons (Fsp3) is 0.800. The molecule has 14 heavy (non-hydrogen) atoms. The summed E-state index contributed by atoms with van der Waals surface area (Å²) in [6, 6.07) is -0.284. The average molecular weight is 199 g/mol. The summed E-state index contributed by atoms with van der Waals surface area (Å²) < 4.78 is 4.56. The third kappa shape index (κ3) is 1.89. The van der Waals surface area contributed by atoms with Gasteiger partial charge in [-0.05, 0) is 19.8 Å². The van der Waals surface area contributed by atoms with Gasteiger partial charge in [0.1, 0.15) is 6.04 Å². The molecule has 2 atom stereocenters. The van der Waals surface area contributed by atoms with Crippen molar-refractivity contribution in [2.75, 3.05) is 0 Å². The van der Waals surface area contributed by atoms with Gasteiger partial charge in [0.05, 0.1) is 0 Å². The van der Waals surface area contributed by atoms with Crippen molar-refractivity contribution in [2.24, 2.45) is 0 Å². The average Bonchev–Trinajstić information content (AvgIpc) is 2.39. The van der Waals surface area contributed by atoms with Crippen molar-refractivity contribution in [1.29, 1.82) is 0 Å². The summed E-state index contributed by atoms with van der Waals surface area (Å²) >= 11 is 0. The first kappa shape index (κ1) is 11.0. The molecular formula is C10H17NO3. The molecule has 4 nitrogen and oxygen atoms in total. The molecule has 0 saturated carbocycles. The lowest BCUT2D eigenvalue weighted by atomic mass is 10.1. The molecule has 4 heteroatoms. The van der Waals surface area contributed by atoms with Crippen LogP contribution in [0.1, 0.15) is 40.0 Å². The number of amides is 1. The number of esters is 1. The second-order valence-corrected chi connectivity index (χ2v) is 3.62. The molecule has 0 aromatic rings. The predicted molar refractivity (Wildman–Crippen MR) is 51.8 cm³/mol. The van der Waals surface area contributed by atoms with E-state index in [9.17, 15) is 9.59 Å². The summed E-state index contributed by atoms with van der Waals surface area (Å²) in [4.78, 5) is 24.0. The molecule has 1 fully saturated rings. The second-order valence-electron chi connectivity index (χ2n) is 3.62. The first-order chi connectivity index (χ1) is 6.61. The Morgan fingerprint density at radius 1 is 1.43 bits per heavy atom. The van der Waals surface area contributed by atoms with Gasteiger partial charge >= 0.3 is 12.1 Å². The van der Waals surface area contributed by atoms with Gasteiger partial charge in [0, 0.05) is 6.04 Å². The Hall–Kier alpha value is -1.06. The second kappa shape index (κ2) is 4.44. The summed E-state index contributed by atoms with van der Waals surface area (Å²) in [7, 11) is 0. The van der Waals surface area contributed by atoms with Crippen molar-refractivity contribution < 1.29 is 14.3 Å². The fourth-order valence-corrected chi connectivity index (χ4v) is 1.83. The molecule has 0 spiro atoms. The lowest BCUT2D eigenvalue weighted by Gasteiger charge is -2.26. The minimum absolute atomic E-state index is 0.133. The maximum atomic E-state index is 11.4. The highest BCUT2D eigenvalue weighted by molar-refractivity contribution is 5.95. The van der Waals surface area contributed by atoms with Gasteiger partial charge in [-0.25, -0.2) is 9.59 Å². The molecule has 0 bridgehead atoms. The molecule has 80 valence electrons. The smallest absolute Gasteiger partial charge is 0.375 e. The third-order valence-corrected chi connectivity index (χ3v) is 2.64. The molecule has 0 aromatic carbocycles. The van der Waals surface area contributed by atoms with Crippen molar-refractivity contribution >= 4 is 12.1 Å². The highest BCUT2D eigenvalue weighted by Gasteiger charge is 2.40. The van der Waals surface area contributed by atoms with Crippen LogP contribution in [0, 0.1) is 0 Å². The van der Waals surface area contributed by atoms with E-state index >= 15 is 0 Å². The van der Waals surface area contributed by atoms with Crippen LogP contribution in [-0.4, -0.2) is 29.0 Å². The van der Waals surface area contributed by atoms with E-state index in [0.717, 1.165) is 19.3 Å². The summed E-state index contributed by atoms with van der Waals surface area (Å²) in [6.45, 7) is 5.80. The largest absolute Gasteiger partial charge is 0.418 e. The van der Waals surface area contributed by atoms with Crippen LogP contribution in [0.25, 0.3) is 0 Å². The van der Waals surface area contributed by atoms with E-state index in [4.69, 9.17) is 0 Å². The molecule has 0 aliphatic carbocycles. The normalized spacial score (nSPS) is 23.9. The molecule has 1 aliphatic heterocycles. The van der Waals surface area contributed by atoms with Crippen molar-refractivity contribution in [3.63, 3.8) is 0 Å². The number of carbonyl (C=O) groups is 2. The van der Waals surface area contributed by atoms with E-state index in [1.54, 1.807) is 11.8 Å². The van der Waals surface area contributed by atoms with E-state index in [-0.39, 0.29) is 6.04 Å². The topological polar surface area (TPSA) is 46.6 Å². The molecule has 0 unspecified atom stereocenters. The number of carbonyl (C=O) groups excluding carboxylic acids is 2. The molecule has 1 amide bonds. The van der Waals surface area contributed by atoms with Crippen LogP contribution in [0.2, 0.25) is 0 Å². The maximum Gasteiger partial charge on any atom is 0.418 e. The SMILES string of the molecule is CCC[C@@H](CC)N1C(=O)OC(=O)[C@@H]1C. The number of nitrogens with zero attached hydrogens (tertiary/aromatic N) is 1. The van der Waals surface area contributed by atoms with Gasteiger partial charge in [-0.2, -0.15) is 0 Å². The number of ether oxygens (including phenoxy) is 1. The number of hydrogen-bond donors (Lipinski definition) is 0. The highest BCUT2D eigenvalue weighted by atomic mass is 16.6. The monoisotopic (exact) mass is 199 g/mol. The molecule has 1 rings (SSSR count). The van der Waals surface area contributed by atoms with Crippen LogP contribution in [0.15, 0.2) is 0 Å². The quantitative estimate of drug-likeness (QED) is 0.513. The number of cyclic esters (lactones) is 2. The Bertz CT molecular complexity index is 240. The van der Waals surface area contributed by atoms with Crippen LogP contribution in [0.3, 0.4) is 0 Å². The van der Waals surface area contributed by atoms with Crippen LogP contribution in [0.4, 0.5) is 4.79 Å². The molecule has 1 saturated heterocycles. The van der Waals surface area contributed by atoms with Gasteiger partial charge in [-0.3, -0.25) is 4.90 Å². The van der Waals surface area contributed by atoms with Crippen molar-refractivity contribution in [1.82, 2.24) is 4.90 Å². The van der Waals surface area contributed by atoms with Crippen LogP contribution in [-0.2, 0) is 9.53 Å². The first-order valence-corrected chi connectivity index (χ1v) is 5.15. The van der Waals surface area contributed by atoms with Crippen LogP contribution < -0.4 is 0 Å². The zero-order valence-electron chi connectivity index (χ0n) is 8.95. The van der Waals surface area contributed by atoms with E-state index in [1.165, 1.54) is 0 Å². The van der Waals surface area contributed by atoms with Crippen molar-refractivity contribution in [3.05, 3.63) is 0 Å². The van der Waals surface area contributed by atoms with Gasteiger partial charge in [-0.15, -0.1) is 0 Å². The Morgan fingerprint density at radius 3 is 2.43 bits per heavy atom. The standard InChI is InChI=1S/C10H17NO3/c1-4-6-8(5-2)11-7(3)9(12)14-10(11)13/h7-8H,4-6H2,1-3H3/t7-,8+/m0/s1. The Labute approximate surface area is 84.2 Å². The molecule has 0 radical (unpaired) electrons. The van der Waals surface area contributed by atoms with E-state index in [2.05, 4.69) is 11.7 Å². The summed E-state index contributed by atoms with van der Waals surface area (Å²) in [6.07, 6.45) is 2.30. The maximum absolute atomic E-state index is 11.4. The lowest BCUT2D eigenvalue weighted by Crippen LogP contribution is -2.41. The Morgan fingerprint density at radius 2 is 2.07 bits per heavy atom. The number of hydrogen-bond acceptors (Lipinski definition) is 3. The van der Waals surface area contributed by atoms with Crippen molar-refractivity contribution in [2.45, 2.75) is 52.1 Å². The lowest BCUT2D eigenvalue weighted by molar-refractivity contribution is -0.135. The van der Waals surface area contributed by atoms with Gasteiger partial charge < -0.3 is 4.74 Å². The van der Waals surface area contributed by atoms with Gasteiger partial charge in [0.2, 0.25) is 0 Å². The van der Waals surface area contributed by atoms with Gasteiger partial charge in [0.15, 0.2) is 0 Å². The zero-order chi connectivity index (χ0) is 10.7. The molecule has 1 heterocycles. The minimum atomic E-state index is -0.484. The fourth-order valence-electron chi connectivity index (χ4n) is 1.83. The Balaban J connectivity index is 2.73. The first-order valence-electron chi connectivity index (χ1n) is 5.15. The summed E-state index contributed by atoms with van der Waals surface area (Å²) in [5.41, 5.74) is 0. The molecule has 0 aromatic heterocycles. The van der Waals surface area contributed by atoms with Gasteiger partial charge in [0.25, 0.3) is 0 Å². The van der Waals surface area contributed by atoms with Crippen LogP contribution in [0.5, 0.6) is 0 Å². The zero-order valence-corrected chi connectivity index (χ0v) is 8.95. The van der Waals surface area contributed by atoms with E-state index in [0.29, 0.717) is 0 Å². The predicted octanol–water partition coefficient (Wildman–Crippen LogP) is 1.93. The third-order valence-electron chi connectivity index (χ3n) is 2.64. The molecule has 1 aliphatic rings. The molecule has 0 N–H and O–H groups in total.